The van der Waals surface area contributed by atoms with Crippen molar-refractivity contribution in [3.8, 4) is 0 Å². The summed E-state index contributed by atoms with van der Waals surface area (Å²) >= 11 is 2.27. The molecule has 0 radical (unpaired) electrons. The van der Waals surface area contributed by atoms with Gasteiger partial charge >= 0.3 is 0 Å². The second-order valence-corrected chi connectivity index (χ2v) is 5.52. The van der Waals surface area contributed by atoms with Crippen molar-refractivity contribution in [2.24, 2.45) is 0 Å². The molecule has 0 aliphatic rings. The van der Waals surface area contributed by atoms with Crippen LogP contribution in [0.1, 0.15) is 26.7 Å². The van der Waals surface area contributed by atoms with E-state index >= 15 is 0 Å². The number of hydrogen-bond acceptors (Lipinski definition) is 2. The molecule has 2 nitrogen and oxygen atoms in total. The number of para-hydroxylation sites is 1. The van der Waals surface area contributed by atoms with Crippen molar-refractivity contribution in [1.82, 2.24) is 4.98 Å². The van der Waals surface area contributed by atoms with Gasteiger partial charge in [-0.2, -0.15) is 0 Å². The van der Waals surface area contributed by atoms with Gasteiger partial charge in [0.25, 0.3) is 0 Å². The first-order valence-electron chi connectivity index (χ1n) is 4.54. The first-order chi connectivity index (χ1) is 6.48. The van der Waals surface area contributed by atoms with Crippen LogP contribution in [0.15, 0.2) is 22.6 Å². The first kappa shape index (κ1) is 9.96. The molecule has 0 spiro atoms. The van der Waals surface area contributed by atoms with E-state index in [1.807, 2.05) is 18.2 Å². The molecule has 0 atom stereocenters. The summed E-state index contributed by atoms with van der Waals surface area (Å²) in [6, 6.07) is 6.01. The van der Waals surface area contributed by atoms with E-state index < -0.39 is 0 Å². The first-order valence-corrected chi connectivity index (χ1v) is 5.62. The SMILES string of the molecule is CC(C)(C)c1nc2cccc(I)c2o1. The highest BCUT2D eigenvalue weighted by molar-refractivity contribution is 14.1. The molecule has 14 heavy (non-hydrogen) atoms. The van der Waals surface area contributed by atoms with E-state index in [1.165, 1.54) is 0 Å². The average molecular weight is 301 g/mol. The number of halogens is 1. The molecule has 0 aliphatic carbocycles. The molecular formula is C11H12INO. The lowest BCUT2D eigenvalue weighted by Crippen LogP contribution is -2.10. The van der Waals surface area contributed by atoms with Crippen molar-refractivity contribution in [1.29, 1.82) is 0 Å². The fraction of sp³-hybridized carbons (Fsp3) is 0.364. The van der Waals surface area contributed by atoms with Crippen molar-refractivity contribution >= 4 is 33.7 Å². The topological polar surface area (TPSA) is 26.0 Å². The second-order valence-electron chi connectivity index (χ2n) is 4.36. The van der Waals surface area contributed by atoms with Crippen LogP contribution in [0.3, 0.4) is 0 Å². The van der Waals surface area contributed by atoms with E-state index in [4.69, 9.17) is 4.42 Å². The Kier molecular flexibility index (Phi) is 2.29. The molecule has 0 unspecified atom stereocenters. The van der Waals surface area contributed by atoms with E-state index in [9.17, 15) is 0 Å². The van der Waals surface area contributed by atoms with Crippen LogP contribution in [-0.4, -0.2) is 4.98 Å². The molecule has 74 valence electrons. The summed E-state index contributed by atoms with van der Waals surface area (Å²) in [5, 5.41) is 0. The molecule has 2 rings (SSSR count). The lowest BCUT2D eigenvalue weighted by molar-refractivity contribution is 0.410. The molecule has 0 bridgehead atoms. The Balaban J connectivity index is 2.69. The summed E-state index contributed by atoms with van der Waals surface area (Å²) in [6.07, 6.45) is 0. The third-order valence-electron chi connectivity index (χ3n) is 2.01. The van der Waals surface area contributed by atoms with Gasteiger partial charge in [-0.15, -0.1) is 0 Å². The van der Waals surface area contributed by atoms with E-state index in [2.05, 4.69) is 48.3 Å². The Bertz CT molecular complexity index is 468. The molecule has 2 aromatic rings. The third kappa shape index (κ3) is 1.65. The minimum atomic E-state index is -0.0257. The van der Waals surface area contributed by atoms with Gasteiger partial charge in [-0.05, 0) is 34.7 Å². The van der Waals surface area contributed by atoms with Gasteiger partial charge in [0.2, 0.25) is 5.89 Å². The van der Waals surface area contributed by atoms with Crippen LogP contribution in [0.2, 0.25) is 0 Å². The van der Waals surface area contributed by atoms with Crippen LogP contribution in [0.4, 0.5) is 0 Å². The molecule has 3 heteroatoms. The number of hydrogen-bond donors (Lipinski definition) is 0. The molecule has 0 saturated heterocycles. The average Bonchev–Trinajstić information content (AvgIpc) is 2.48. The maximum Gasteiger partial charge on any atom is 0.200 e. The van der Waals surface area contributed by atoms with Crippen LogP contribution < -0.4 is 0 Å². The molecule has 0 aliphatic heterocycles. The number of oxazole rings is 1. The molecular weight excluding hydrogens is 289 g/mol. The van der Waals surface area contributed by atoms with Gasteiger partial charge in [-0.1, -0.05) is 26.8 Å². The van der Waals surface area contributed by atoms with Gasteiger partial charge in [-0.3, -0.25) is 0 Å². The highest BCUT2D eigenvalue weighted by Crippen LogP contribution is 2.28. The largest absolute Gasteiger partial charge is 0.439 e. The Hall–Kier alpha value is -0.580. The highest BCUT2D eigenvalue weighted by Gasteiger charge is 2.21. The fourth-order valence-corrected chi connectivity index (χ4v) is 1.83. The monoisotopic (exact) mass is 301 g/mol. The van der Waals surface area contributed by atoms with Crippen LogP contribution in [0, 0.1) is 3.57 Å². The minimum Gasteiger partial charge on any atom is -0.439 e. The van der Waals surface area contributed by atoms with Gasteiger partial charge in [0.15, 0.2) is 5.58 Å². The normalized spacial score (nSPS) is 12.3. The molecule has 1 aromatic carbocycles. The highest BCUT2D eigenvalue weighted by atomic mass is 127. The Morgan fingerprint density at radius 3 is 2.57 bits per heavy atom. The zero-order valence-electron chi connectivity index (χ0n) is 8.47. The number of rotatable bonds is 0. The Morgan fingerprint density at radius 2 is 2.00 bits per heavy atom. The van der Waals surface area contributed by atoms with Crippen LogP contribution in [-0.2, 0) is 5.41 Å². The zero-order chi connectivity index (χ0) is 10.3. The van der Waals surface area contributed by atoms with Crippen molar-refractivity contribution in [2.45, 2.75) is 26.2 Å². The van der Waals surface area contributed by atoms with Crippen LogP contribution >= 0.6 is 22.6 Å². The Labute approximate surface area is 96.8 Å². The molecule has 1 aromatic heterocycles. The maximum absolute atomic E-state index is 5.74. The summed E-state index contributed by atoms with van der Waals surface area (Å²) in [4.78, 5) is 4.47. The molecule has 0 fully saturated rings. The molecule has 0 saturated carbocycles. The fourth-order valence-electron chi connectivity index (χ4n) is 1.24. The van der Waals surface area contributed by atoms with Gasteiger partial charge in [-0.25, -0.2) is 4.98 Å². The van der Waals surface area contributed by atoms with Crippen molar-refractivity contribution in [2.75, 3.05) is 0 Å². The van der Waals surface area contributed by atoms with Gasteiger partial charge < -0.3 is 4.42 Å². The predicted octanol–water partition coefficient (Wildman–Crippen LogP) is 3.73. The lowest BCUT2D eigenvalue weighted by Gasteiger charge is -2.11. The number of fused-ring (bicyclic) bond motifs is 1. The molecule has 0 amide bonds. The van der Waals surface area contributed by atoms with Crippen LogP contribution in [0.25, 0.3) is 11.1 Å². The van der Waals surface area contributed by atoms with Gasteiger partial charge in [0, 0.05) is 5.41 Å². The summed E-state index contributed by atoms with van der Waals surface area (Å²) < 4.78 is 6.86. The second kappa shape index (κ2) is 3.22. The van der Waals surface area contributed by atoms with E-state index in [0.717, 1.165) is 20.6 Å². The number of nitrogens with zero attached hydrogens (tertiary/aromatic N) is 1. The number of aromatic nitrogens is 1. The van der Waals surface area contributed by atoms with Gasteiger partial charge in [0.1, 0.15) is 5.52 Å². The standard InChI is InChI=1S/C11H12INO/c1-11(2,3)10-13-8-6-4-5-7(12)9(8)14-10/h4-6H,1-3H3. The summed E-state index contributed by atoms with van der Waals surface area (Å²) in [6.45, 7) is 6.31. The molecule has 0 N–H and O–H groups in total. The number of benzene rings is 1. The van der Waals surface area contributed by atoms with E-state index in [0.29, 0.717) is 0 Å². The Morgan fingerprint density at radius 1 is 1.29 bits per heavy atom. The maximum atomic E-state index is 5.74. The van der Waals surface area contributed by atoms with Crippen LogP contribution in [0.5, 0.6) is 0 Å². The smallest absolute Gasteiger partial charge is 0.200 e. The lowest BCUT2D eigenvalue weighted by atomic mass is 9.97. The summed E-state index contributed by atoms with van der Waals surface area (Å²) in [7, 11) is 0. The molecule has 1 heterocycles. The van der Waals surface area contributed by atoms with E-state index in [-0.39, 0.29) is 5.41 Å². The summed E-state index contributed by atoms with van der Waals surface area (Å²) in [5.41, 5.74) is 1.82. The minimum absolute atomic E-state index is 0.0257. The quantitative estimate of drug-likeness (QED) is 0.693. The zero-order valence-corrected chi connectivity index (χ0v) is 10.6. The van der Waals surface area contributed by atoms with E-state index in [1.54, 1.807) is 0 Å². The summed E-state index contributed by atoms with van der Waals surface area (Å²) in [5.74, 6) is 0.802. The van der Waals surface area contributed by atoms with Crippen molar-refractivity contribution < 1.29 is 4.42 Å². The van der Waals surface area contributed by atoms with Crippen molar-refractivity contribution in [3.63, 3.8) is 0 Å². The third-order valence-corrected chi connectivity index (χ3v) is 2.86. The van der Waals surface area contributed by atoms with Crippen molar-refractivity contribution in [3.05, 3.63) is 27.7 Å². The van der Waals surface area contributed by atoms with Gasteiger partial charge in [0.05, 0.1) is 3.57 Å². The predicted molar refractivity (Wildman–Crippen MR) is 65.4 cm³/mol.